The first-order valence-electron chi connectivity index (χ1n) is 4.37. The molecule has 0 unspecified atom stereocenters. The minimum Gasteiger partial charge on any atom is -0.275 e. The molecule has 0 spiro atoms. The molecule has 0 N–H and O–H groups in total. The van der Waals surface area contributed by atoms with Gasteiger partial charge in [0.25, 0.3) is 0 Å². The van der Waals surface area contributed by atoms with Crippen LogP contribution in [-0.2, 0) is 7.05 Å². The highest BCUT2D eigenvalue weighted by molar-refractivity contribution is 6.29. The van der Waals surface area contributed by atoms with Crippen molar-refractivity contribution >= 4 is 11.6 Å². The third kappa shape index (κ3) is 2.58. The Hall–Kier alpha value is -1.79. The molecule has 3 nitrogen and oxygen atoms in total. The van der Waals surface area contributed by atoms with Gasteiger partial charge in [-0.15, -0.1) is 0 Å². The van der Waals surface area contributed by atoms with Gasteiger partial charge in [0.1, 0.15) is 10.8 Å². The highest BCUT2D eigenvalue weighted by Crippen LogP contribution is 2.04. The molecular formula is C11H8ClN3. The van der Waals surface area contributed by atoms with Crippen molar-refractivity contribution in [1.29, 1.82) is 0 Å². The van der Waals surface area contributed by atoms with E-state index in [4.69, 9.17) is 11.6 Å². The molecule has 0 aliphatic carbocycles. The van der Waals surface area contributed by atoms with Gasteiger partial charge in [0, 0.05) is 13.2 Å². The lowest BCUT2D eigenvalue weighted by atomic mass is 10.3. The Morgan fingerprint density at radius 2 is 2.20 bits per heavy atom. The predicted molar refractivity (Wildman–Crippen MR) is 58.4 cm³/mol. The molecule has 2 aromatic rings. The summed E-state index contributed by atoms with van der Waals surface area (Å²) < 4.78 is 1.70. The number of pyridine rings is 1. The Morgan fingerprint density at radius 1 is 1.33 bits per heavy atom. The van der Waals surface area contributed by atoms with Gasteiger partial charge < -0.3 is 0 Å². The molecule has 0 bridgehead atoms. The summed E-state index contributed by atoms with van der Waals surface area (Å²) in [4.78, 5) is 4.06. The van der Waals surface area contributed by atoms with E-state index in [0.29, 0.717) is 10.8 Å². The van der Waals surface area contributed by atoms with E-state index in [0.717, 1.165) is 5.56 Å². The molecule has 0 atom stereocenters. The van der Waals surface area contributed by atoms with Gasteiger partial charge in [-0.25, -0.2) is 4.98 Å². The third-order valence-electron chi connectivity index (χ3n) is 1.75. The van der Waals surface area contributed by atoms with Gasteiger partial charge in [-0.1, -0.05) is 23.6 Å². The van der Waals surface area contributed by atoms with E-state index in [1.807, 2.05) is 25.4 Å². The Balaban J connectivity index is 2.25. The van der Waals surface area contributed by atoms with Crippen molar-refractivity contribution in [3.63, 3.8) is 0 Å². The van der Waals surface area contributed by atoms with Crippen LogP contribution in [0.25, 0.3) is 0 Å². The van der Waals surface area contributed by atoms with Gasteiger partial charge in [0.05, 0.1) is 11.8 Å². The van der Waals surface area contributed by atoms with Crippen molar-refractivity contribution in [2.45, 2.75) is 0 Å². The molecule has 0 aliphatic heterocycles. The zero-order valence-corrected chi connectivity index (χ0v) is 8.86. The minimum atomic E-state index is 0.452. The maximum Gasteiger partial charge on any atom is 0.130 e. The third-order valence-corrected chi connectivity index (χ3v) is 1.97. The van der Waals surface area contributed by atoms with E-state index in [1.54, 1.807) is 16.9 Å². The van der Waals surface area contributed by atoms with Crippen molar-refractivity contribution in [3.8, 4) is 11.8 Å². The highest BCUT2D eigenvalue weighted by Gasteiger charge is 1.92. The van der Waals surface area contributed by atoms with Crippen molar-refractivity contribution in [2.24, 2.45) is 7.05 Å². The zero-order valence-electron chi connectivity index (χ0n) is 8.11. The molecule has 0 aromatic carbocycles. The average Bonchev–Trinajstić information content (AvgIpc) is 2.62. The molecule has 0 saturated carbocycles. The Kier molecular flexibility index (Phi) is 2.70. The normalized spacial score (nSPS) is 9.47. The van der Waals surface area contributed by atoms with Gasteiger partial charge >= 0.3 is 0 Å². The molecule has 2 aromatic heterocycles. The molecule has 4 heteroatoms. The zero-order chi connectivity index (χ0) is 10.7. The summed E-state index contributed by atoms with van der Waals surface area (Å²) in [6.45, 7) is 0. The van der Waals surface area contributed by atoms with Crippen molar-refractivity contribution < 1.29 is 0 Å². The van der Waals surface area contributed by atoms with Crippen LogP contribution >= 0.6 is 11.6 Å². The molecule has 0 radical (unpaired) electrons. The summed E-state index contributed by atoms with van der Waals surface area (Å²) >= 11 is 5.74. The summed E-state index contributed by atoms with van der Waals surface area (Å²) in [7, 11) is 1.85. The number of halogens is 1. The lowest BCUT2D eigenvalue weighted by Crippen LogP contribution is -1.84. The fraction of sp³-hybridized carbons (Fsp3) is 0.0909. The van der Waals surface area contributed by atoms with Crippen LogP contribution in [0.15, 0.2) is 30.6 Å². The second-order valence-electron chi connectivity index (χ2n) is 3.00. The van der Waals surface area contributed by atoms with Gasteiger partial charge in [-0.05, 0) is 18.1 Å². The molecule has 0 aliphatic rings. The van der Waals surface area contributed by atoms with Crippen LogP contribution in [0.3, 0.4) is 0 Å². The summed E-state index contributed by atoms with van der Waals surface area (Å²) in [5.41, 5.74) is 1.52. The number of hydrogen-bond acceptors (Lipinski definition) is 2. The van der Waals surface area contributed by atoms with E-state index in [-0.39, 0.29) is 0 Å². The van der Waals surface area contributed by atoms with Crippen LogP contribution in [-0.4, -0.2) is 14.8 Å². The first kappa shape index (κ1) is 9.75. The molecular weight excluding hydrogens is 210 g/mol. The van der Waals surface area contributed by atoms with Crippen molar-refractivity contribution in [3.05, 3.63) is 47.0 Å². The van der Waals surface area contributed by atoms with Gasteiger partial charge in [-0.3, -0.25) is 4.68 Å². The Labute approximate surface area is 92.7 Å². The van der Waals surface area contributed by atoms with Crippen LogP contribution < -0.4 is 0 Å². The molecule has 0 saturated heterocycles. The topological polar surface area (TPSA) is 30.7 Å². The molecule has 0 fully saturated rings. The molecule has 2 heterocycles. The largest absolute Gasteiger partial charge is 0.275 e. The first-order chi connectivity index (χ1) is 7.24. The summed E-state index contributed by atoms with van der Waals surface area (Å²) in [5.74, 6) is 5.87. The molecule has 74 valence electrons. The standard InChI is InChI=1S/C11H8ClN3/c1-15-8-9(7-13-15)5-6-10-3-2-4-11(12)14-10/h2-4,7-8H,1H3. The lowest BCUT2D eigenvalue weighted by Gasteiger charge is -1.89. The quantitative estimate of drug-likeness (QED) is 0.498. The average molecular weight is 218 g/mol. The maximum absolute atomic E-state index is 5.74. The number of aromatic nitrogens is 3. The predicted octanol–water partition coefficient (Wildman–Crippen LogP) is 1.87. The minimum absolute atomic E-state index is 0.452. The second kappa shape index (κ2) is 4.16. The van der Waals surface area contributed by atoms with E-state index in [9.17, 15) is 0 Å². The van der Waals surface area contributed by atoms with Crippen LogP contribution in [0, 0.1) is 11.8 Å². The summed E-state index contributed by atoms with van der Waals surface area (Å²) in [5, 5.41) is 4.47. The maximum atomic E-state index is 5.74. The SMILES string of the molecule is Cn1cc(C#Cc2cccc(Cl)n2)cn1. The lowest BCUT2D eigenvalue weighted by molar-refractivity contribution is 0.767. The van der Waals surface area contributed by atoms with E-state index < -0.39 is 0 Å². The second-order valence-corrected chi connectivity index (χ2v) is 3.39. The van der Waals surface area contributed by atoms with Crippen molar-refractivity contribution in [2.75, 3.05) is 0 Å². The van der Waals surface area contributed by atoms with Crippen LogP contribution in [0.5, 0.6) is 0 Å². The summed E-state index contributed by atoms with van der Waals surface area (Å²) in [6.07, 6.45) is 3.55. The number of aryl methyl sites for hydroxylation is 1. The molecule has 15 heavy (non-hydrogen) atoms. The van der Waals surface area contributed by atoms with E-state index >= 15 is 0 Å². The summed E-state index contributed by atoms with van der Waals surface area (Å²) in [6, 6.07) is 5.36. The molecule has 2 rings (SSSR count). The number of nitrogens with zero attached hydrogens (tertiary/aromatic N) is 3. The van der Waals surface area contributed by atoms with E-state index in [1.165, 1.54) is 0 Å². The van der Waals surface area contributed by atoms with Gasteiger partial charge in [0.2, 0.25) is 0 Å². The first-order valence-corrected chi connectivity index (χ1v) is 4.75. The van der Waals surface area contributed by atoms with Gasteiger partial charge in [0.15, 0.2) is 0 Å². The highest BCUT2D eigenvalue weighted by atomic mass is 35.5. The fourth-order valence-electron chi connectivity index (χ4n) is 1.10. The monoisotopic (exact) mass is 217 g/mol. The van der Waals surface area contributed by atoms with Crippen LogP contribution in [0.1, 0.15) is 11.3 Å². The fourth-order valence-corrected chi connectivity index (χ4v) is 1.26. The van der Waals surface area contributed by atoms with E-state index in [2.05, 4.69) is 21.9 Å². The number of rotatable bonds is 0. The number of hydrogen-bond donors (Lipinski definition) is 0. The Bertz CT molecular complexity index is 534. The smallest absolute Gasteiger partial charge is 0.130 e. The van der Waals surface area contributed by atoms with Crippen LogP contribution in [0.2, 0.25) is 5.15 Å². The Morgan fingerprint density at radius 3 is 2.87 bits per heavy atom. The molecule has 0 amide bonds. The van der Waals surface area contributed by atoms with Crippen LogP contribution in [0.4, 0.5) is 0 Å². The van der Waals surface area contributed by atoms with Crippen molar-refractivity contribution in [1.82, 2.24) is 14.8 Å². The van der Waals surface area contributed by atoms with Gasteiger partial charge in [-0.2, -0.15) is 5.10 Å².